The van der Waals surface area contributed by atoms with Crippen LogP contribution in [0.1, 0.15) is 48.9 Å². The summed E-state index contributed by atoms with van der Waals surface area (Å²) < 4.78 is 0. The molecule has 1 amide bonds. The van der Waals surface area contributed by atoms with Crippen molar-refractivity contribution >= 4 is 23.2 Å². The van der Waals surface area contributed by atoms with Gasteiger partial charge in [-0.3, -0.25) is 4.79 Å². The number of fused-ring (bicyclic) bond motifs is 1. The minimum atomic E-state index is 0.0933. The summed E-state index contributed by atoms with van der Waals surface area (Å²) in [5, 5.41) is 0.533. The van der Waals surface area contributed by atoms with Crippen molar-refractivity contribution in [2.24, 2.45) is 5.92 Å². The molecule has 108 valence electrons. The Morgan fingerprint density at radius 2 is 1.90 bits per heavy atom. The molecule has 1 aromatic carbocycles. The molecule has 0 radical (unpaired) electrons. The fourth-order valence-corrected chi connectivity index (χ4v) is 4.02. The highest BCUT2D eigenvalue weighted by molar-refractivity contribution is 6.31. The molecule has 2 fully saturated rings. The SMILES string of the molecule is Nc1cc(Cl)cc(C(=O)N2CCC[C@H]3CCCC[C@H]32)c1. The van der Waals surface area contributed by atoms with Crippen LogP contribution in [0.3, 0.4) is 0 Å². The average Bonchev–Trinajstić information content (AvgIpc) is 2.45. The molecule has 0 spiro atoms. The van der Waals surface area contributed by atoms with Crippen molar-refractivity contribution < 1.29 is 4.79 Å². The van der Waals surface area contributed by atoms with Crippen LogP contribution >= 0.6 is 11.6 Å². The van der Waals surface area contributed by atoms with Crippen molar-refractivity contribution in [1.82, 2.24) is 4.90 Å². The Morgan fingerprint density at radius 1 is 1.15 bits per heavy atom. The molecule has 1 aliphatic heterocycles. The molecule has 1 aliphatic carbocycles. The van der Waals surface area contributed by atoms with E-state index in [9.17, 15) is 4.79 Å². The van der Waals surface area contributed by atoms with Gasteiger partial charge in [-0.05, 0) is 49.8 Å². The fourth-order valence-electron chi connectivity index (χ4n) is 3.78. The second-order valence-corrected chi connectivity index (χ2v) is 6.46. The molecule has 1 heterocycles. The molecular weight excluding hydrogens is 272 g/mol. The normalized spacial score (nSPS) is 26.1. The first-order valence-corrected chi connectivity index (χ1v) is 7.90. The largest absolute Gasteiger partial charge is 0.399 e. The van der Waals surface area contributed by atoms with Crippen LogP contribution in [0, 0.1) is 5.92 Å². The molecular formula is C16H21ClN2O. The smallest absolute Gasteiger partial charge is 0.254 e. The fraction of sp³-hybridized carbons (Fsp3) is 0.562. The summed E-state index contributed by atoms with van der Waals surface area (Å²) in [6.45, 7) is 0.867. The first-order valence-electron chi connectivity index (χ1n) is 7.52. The van der Waals surface area contributed by atoms with E-state index in [4.69, 9.17) is 17.3 Å². The second-order valence-electron chi connectivity index (χ2n) is 6.03. The number of nitrogens with zero attached hydrogens (tertiary/aromatic N) is 1. The van der Waals surface area contributed by atoms with E-state index in [2.05, 4.69) is 4.90 Å². The Labute approximate surface area is 125 Å². The van der Waals surface area contributed by atoms with Crippen LogP contribution in [0.5, 0.6) is 0 Å². The summed E-state index contributed by atoms with van der Waals surface area (Å²) in [5.74, 6) is 0.786. The van der Waals surface area contributed by atoms with E-state index in [-0.39, 0.29) is 5.91 Å². The maximum absolute atomic E-state index is 12.8. The van der Waals surface area contributed by atoms with E-state index in [1.807, 2.05) is 0 Å². The van der Waals surface area contributed by atoms with Gasteiger partial charge in [-0.2, -0.15) is 0 Å². The average molecular weight is 293 g/mol. The Hall–Kier alpha value is -1.22. The monoisotopic (exact) mass is 292 g/mol. The molecule has 20 heavy (non-hydrogen) atoms. The molecule has 2 N–H and O–H groups in total. The molecule has 0 unspecified atom stereocenters. The lowest BCUT2D eigenvalue weighted by molar-refractivity contribution is 0.0391. The van der Waals surface area contributed by atoms with E-state index >= 15 is 0 Å². The third kappa shape index (κ3) is 2.64. The number of likely N-dealkylation sites (tertiary alicyclic amines) is 1. The van der Waals surface area contributed by atoms with Crippen LogP contribution in [0.25, 0.3) is 0 Å². The van der Waals surface area contributed by atoms with E-state index in [1.165, 1.54) is 25.7 Å². The summed E-state index contributed by atoms with van der Waals surface area (Å²) in [7, 11) is 0. The third-order valence-electron chi connectivity index (χ3n) is 4.67. The number of hydrogen-bond acceptors (Lipinski definition) is 2. The van der Waals surface area contributed by atoms with Gasteiger partial charge in [0.15, 0.2) is 0 Å². The summed E-state index contributed by atoms with van der Waals surface area (Å²) in [6, 6.07) is 5.57. The second kappa shape index (κ2) is 5.65. The molecule has 0 bridgehead atoms. The zero-order valence-corrected chi connectivity index (χ0v) is 12.4. The highest BCUT2D eigenvalue weighted by Gasteiger charge is 2.35. The summed E-state index contributed by atoms with van der Waals surface area (Å²) >= 11 is 6.02. The van der Waals surface area contributed by atoms with Crippen molar-refractivity contribution in [2.45, 2.75) is 44.6 Å². The molecule has 0 aromatic heterocycles. The minimum Gasteiger partial charge on any atom is -0.399 e. The van der Waals surface area contributed by atoms with Gasteiger partial charge >= 0.3 is 0 Å². The molecule has 1 aromatic rings. The molecule has 4 heteroatoms. The number of carbonyl (C=O) groups is 1. The number of carbonyl (C=O) groups excluding carboxylic acids is 1. The van der Waals surface area contributed by atoms with Gasteiger partial charge in [0, 0.05) is 28.9 Å². The van der Waals surface area contributed by atoms with Crippen molar-refractivity contribution in [3.8, 4) is 0 Å². The topological polar surface area (TPSA) is 46.3 Å². The van der Waals surface area contributed by atoms with Gasteiger partial charge in [-0.25, -0.2) is 0 Å². The lowest BCUT2D eigenvalue weighted by Crippen LogP contribution is -2.49. The van der Waals surface area contributed by atoms with Crippen LogP contribution < -0.4 is 5.73 Å². The number of nitrogens with two attached hydrogens (primary N) is 1. The van der Waals surface area contributed by atoms with E-state index in [1.54, 1.807) is 18.2 Å². The Kier molecular flexibility index (Phi) is 3.88. The van der Waals surface area contributed by atoms with Crippen LogP contribution in [0.2, 0.25) is 5.02 Å². The molecule has 2 aliphatic rings. The zero-order chi connectivity index (χ0) is 14.1. The number of benzene rings is 1. The summed E-state index contributed by atoms with van der Waals surface area (Å²) in [6.07, 6.45) is 7.35. The minimum absolute atomic E-state index is 0.0933. The predicted octanol–water partition coefficient (Wildman–Crippen LogP) is 3.72. The van der Waals surface area contributed by atoms with Gasteiger partial charge in [-0.15, -0.1) is 0 Å². The number of halogens is 1. The molecule has 3 nitrogen and oxygen atoms in total. The number of nitrogen functional groups attached to an aromatic ring is 1. The standard InChI is InChI=1S/C16H21ClN2O/c17-13-8-12(9-14(18)10-13)16(20)19-7-3-5-11-4-1-2-6-15(11)19/h8-11,15H,1-7,18H2/t11-,15-/m1/s1. The van der Waals surface area contributed by atoms with E-state index in [0.29, 0.717) is 28.2 Å². The maximum Gasteiger partial charge on any atom is 0.254 e. The highest BCUT2D eigenvalue weighted by atomic mass is 35.5. The Balaban J connectivity index is 1.84. The maximum atomic E-state index is 12.8. The van der Waals surface area contributed by atoms with Gasteiger partial charge < -0.3 is 10.6 Å². The van der Waals surface area contributed by atoms with E-state index < -0.39 is 0 Å². The van der Waals surface area contributed by atoms with Gasteiger partial charge in [0.2, 0.25) is 0 Å². The van der Waals surface area contributed by atoms with Crippen molar-refractivity contribution in [1.29, 1.82) is 0 Å². The number of anilines is 1. The Morgan fingerprint density at radius 3 is 2.70 bits per heavy atom. The lowest BCUT2D eigenvalue weighted by Gasteiger charge is -2.44. The van der Waals surface area contributed by atoms with Gasteiger partial charge in [0.25, 0.3) is 5.91 Å². The first-order chi connectivity index (χ1) is 9.65. The Bertz CT molecular complexity index is 495. The van der Waals surface area contributed by atoms with Crippen molar-refractivity contribution in [3.63, 3.8) is 0 Å². The number of amides is 1. The predicted molar refractivity (Wildman–Crippen MR) is 81.9 cm³/mol. The summed E-state index contributed by atoms with van der Waals surface area (Å²) in [5.41, 5.74) is 6.98. The van der Waals surface area contributed by atoms with E-state index in [0.717, 1.165) is 19.4 Å². The molecule has 3 rings (SSSR count). The van der Waals surface area contributed by atoms with Gasteiger partial charge in [0.05, 0.1) is 0 Å². The third-order valence-corrected chi connectivity index (χ3v) is 4.89. The number of rotatable bonds is 1. The lowest BCUT2D eigenvalue weighted by atomic mass is 9.78. The molecule has 1 saturated carbocycles. The first kappa shape index (κ1) is 13.7. The quantitative estimate of drug-likeness (QED) is 0.802. The molecule has 1 saturated heterocycles. The summed E-state index contributed by atoms with van der Waals surface area (Å²) in [4.78, 5) is 14.8. The van der Waals surface area contributed by atoms with Crippen molar-refractivity contribution in [2.75, 3.05) is 12.3 Å². The van der Waals surface area contributed by atoms with Crippen molar-refractivity contribution in [3.05, 3.63) is 28.8 Å². The number of piperidine rings is 1. The van der Waals surface area contributed by atoms with Gasteiger partial charge in [-0.1, -0.05) is 24.4 Å². The highest BCUT2D eigenvalue weighted by Crippen LogP contribution is 2.36. The van der Waals surface area contributed by atoms with Crippen LogP contribution in [-0.4, -0.2) is 23.4 Å². The zero-order valence-electron chi connectivity index (χ0n) is 11.6. The van der Waals surface area contributed by atoms with Crippen LogP contribution in [0.4, 0.5) is 5.69 Å². The van der Waals surface area contributed by atoms with Crippen LogP contribution in [-0.2, 0) is 0 Å². The van der Waals surface area contributed by atoms with Gasteiger partial charge in [0.1, 0.15) is 0 Å². The van der Waals surface area contributed by atoms with Crippen LogP contribution in [0.15, 0.2) is 18.2 Å². The number of hydrogen-bond donors (Lipinski definition) is 1. The molecule has 2 atom stereocenters.